The van der Waals surface area contributed by atoms with E-state index in [-0.39, 0.29) is 11.9 Å². The summed E-state index contributed by atoms with van der Waals surface area (Å²) in [5.74, 6) is 2.63. The molecule has 8 heteroatoms. The number of carbonyl (C=O) groups is 1. The molecule has 1 amide bonds. The third-order valence-electron chi connectivity index (χ3n) is 6.65. The van der Waals surface area contributed by atoms with Crippen LogP contribution >= 0.6 is 0 Å². The molecule has 3 aromatic heterocycles. The van der Waals surface area contributed by atoms with Crippen LogP contribution in [0.15, 0.2) is 65.5 Å². The summed E-state index contributed by atoms with van der Waals surface area (Å²) in [6, 6.07) is 13.5. The van der Waals surface area contributed by atoms with Gasteiger partial charge in [-0.05, 0) is 55.0 Å². The SMILES string of the molecule is O=C(NC1[C@@H]2CC[C@H]1CN(c1cnc3ccccc3n1)C2)c1ccc(Cn2cccn2)o1. The lowest BCUT2D eigenvalue weighted by molar-refractivity contribution is 0.0880. The highest BCUT2D eigenvalue weighted by Gasteiger charge is 2.43. The summed E-state index contributed by atoms with van der Waals surface area (Å²) >= 11 is 0. The number of rotatable bonds is 5. The smallest absolute Gasteiger partial charge is 0.287 e. The lowest BCUT2D eigenvalue weighted by atomic mass is 9.92. The molecule has 1 aromatic carbocycles. The Balaban J connectivity index is 1.13. The van der Waals surface area contributed by atoms with E-state index < -0.39 is 0 Å². The molecule has 32 heavy (non-hydrogen) atoms. The Hall–Kier alpha value is -3.68. The van der Waals surface area contributed by atoms with Gasteiger partial charge in [-0.25, -0.2) is 4.98 Å². The van der Waals surface area contributed by atoms with Crippen LogP contribution in [0.5, 0.6) is 0 Å². The Morgan fingerprint density at radius 3 is 2.66 bits per heavy atom. The second-order valence-electron chi connectivity index (χ2n) is 8.69. The van der Waals surface area contributed by atoms with Gasteiger partial charge < -0.3 is 14.6 Å². The van der Waals surface area contributed by atoms with E-state index in [1.807, 2.05) is 48.8 Å². The van der Waals surface area contributed by atoms with E-state index >= 15 is 0 Å². The van der Waals surface area contributed by atoms with Crippen molar-refractivity contribution in [2.24, 2.45) is 11.8 Å². The van der Waals surface area contributed by atoms with Gasteiger partial charge in [0.1, 0.15) is 11.6 Å². The van der Waals surface area contributed by atoms with Crippen LogP contribution in [0.1, 0.15) is 29.2 Å². The van der Waals surface area contributed by atoms with Crippen molar-refractivity contribution < 1.29 is 9.21 Å². The standard InChI is InChI=1S/C24H24N6O2/c31-24(21-9-8-18(32-21)15-30-11-3-10-26-30)28-23-16-6-7-17(23)14-29(13-16)22-12-25-19-4-1-2-5-20(19)27-22/h1-5,8-12,16-17,23H,6-7,13-15H2,(H,28,31)/t16-,17+,23?. The van der Waals surface area contributed by atoms with E-state index in [4.69, 9.17) is 9.40 Å². The second-order valence-corrected chi connectivity index (χ2v) is 8.69. The first-order valence-corrected chi connectivity index (χ1v) is 11.1. The van der Waals surface area contributed by atoms with E-state index in [0.29, 0.717) is 29.9 Å². The maximum atomic E-state index is 12.9. The fraction of sp³-hybridized carbons (Fsp3) is 0.333. The number of para-hydroxylation sites is 2. The summed E-state index contributed by atoms with van der Waals surface area (Å²) in [5, 5.41) is 7.43. The van der Waals surface area contributed by atoms with E-state index in [2.05, 4.69) is 20.3 Å². The summed E-state index contributed by atoms with van der Waals surface area (Å²) in [6.45, 7) is 2.26. The van der Waals surface area contributed by atoms with Gasteiger partial charge in [-0.1, -0.05) is 12.1 Å². The maximum Gasteiger partial charge on any atom is 0.287 e. The lowest BCUT2D eigenvalue weighted by Gasteiger charge is -2.38. The molecule has 1 unspecified atom stereocenters. The van der Waals surface area contributed by atoms with E-state index in [0.717, 1.165) is 42.8 Å². The van der Waals surface area contributed by atoms with Gasteiger partial charge in [-0.2, -0.15) is 5.10 Å². The summed E-state index contributed by atoms with van der Waals surface area (Å²) < 4.78 is 7.55. The van der Waals surface area contributed by atoms with Crippen molar-refractivity contribution in [3.05, 3.63) is 72.6 Å². The first kappa shape index (κ1) is 19.0. The first-order chi connectivity index (χ1) is 15.7. The quantitative estimate of drug-likeness (QED) is 0.525. The molecule has 8 nitrogen and oxygen atoms in total. The van der Waals surface area contributed by atoms with E-state index in [1.165, 1.54) is 0 Å². The second kappa shape index (κ2) is 7.78. The molecule has 2 aliphatic rings. The zero-order valence-corrected chi connectivity index (χ0v) is 17.6. The molecule has 1 aliphatic carbocycles. The number of hydrogen-bond donors (Lipinski definition) is 1. The van der Waals surface area contributed by atoms with Crippen LogP contribution in [0.25, 0.3) is 11.0 Å². The maximum absolute atomic E-state index is 12.9. The molecule has 2 bridgehead atoms. The monoisotopic (exact) mass is 428 g/mol. The van der Waals surface area contributed by atoms with Crippen LogP contribution in [-0.4, -0.2) is 44.8 Å². The van der Waals surface area contributed by atoms with Gasteiger partial charge in [0.15, 0.2) is 5.76 Å². The molecule has 4 aromatic rings. The Kier molecular flexibility index (Phi) is 4.63. The highest BCUT2D eigenvalue weighted by molar-refractivity contribution is 5.91. The minimum Gasteiger partial charge on any atom is -0.454 e. The number of anilines is 1. The van der Waals surface area contributed by atoms with Crippen molar-refractivity contribution in [2.45, 2.75) is 25.4 Å². The van der Waals surface area contributed by atoms with Crippen molar-refractivity contribution in [3.8, 4) is 0 Å². The summed E-state index contributed by atoms with van der Waals surface area (Å²) in [6.07, 6.45) is 7.67. The Morgan fingerprint density at radius 1 is 1.06 bits per heavy atom. The largest absolute Gasteiger partial charge is 0.454 e. The van der Waals surface area contributed by atoms with Gasteiger partial charge in [0.05, 0.1) is 23.8 Å². The summed E-state index contributed by atoms with van der Waals surface area (Å²) in [5.41, 5.74) is 1.82. The lowest BCUT2D eigenvalue weighted by Crippen LogP contribution is -2.52. The highest BCUT2D eigenvalue weighted by Crippen LogP contribution is 2.38. The third kappa shape index (κ3) is 3.51. The van der Waals surface area contributed by atoms with Crippen molar-refractivity contribution >= 4 is 22.8 Å². The predicted octanol–water partition coefficient (Wildman–Crippen LogP) is 3.11. The fourth-order valence-corrected chi connectivity index (χ4v) is 5.11. The van der Waals surface area contributed by atoms with Gasteiger partial charge in [0.2, 0.25) is 0 Å². The molecule has 2 fully saturated rings. The minimum atomic E-state index is -0.141. The van der Waals surface area contributed by atoms with E-state index in [1.54, 1.807) is 16.9 Å². The van der Waals surface area contributed by atoms with Gasteiger partial charge >= 0.3 is 0 Å². The average Bonchev–Trinajstić information content (AvgIpc) is 3.54. The van der Waals surface area contributed by atoms with Crippen LogP contribution in [0, 0.1) is 11.8 Å². The topological polar surface area (TPSA) is 89.1 Å². The average molecular weight is 428 g/mol. The number of nitrogens with one attached hydrogen (secondary N) is 1. The number of amides is 1. The van der Waals surface area contributed by atoms with Crippen LogP contribution in [0.2, 0.25) is 0 Å². The van der Waals surface area contributed by atoms with Crippen LogP contribution in [0.3, 0.4) is 0 Å². The number of hydrogen-bond acceptors (Lipinski definition) is 6. The van der Waals surface area contributed by atoms with Crippen molar-refractivity contribution in [3.63, 3.8) is 0 Å². The molecule has 0 spiro atoms. The third-order valence-corrected chi connectivity index (χ3v) is 6.65. The molecule has 162 valence electrons. The van der Waals surface area contributed by atoms with Crippen molar-refractivity contribution in [1.29, 1.82) is 0 Å². The molecule has 1 aliphatic heterocycles. The Labute approximate surface area is 185 Å². The zero-order chi connectivity index (χ0) is 21.5. The fourth-order valence-electron chi connectivity index (χ4n) is 5.11. The van der Waals surface area contributed by atoms with E-state index in [9.17, 15) is 4.79 Å². The normalized spacial score (nSPS) is 22.4. The predicted molar refractivity (Wildman–Crippen MR) is 119 cm³/mol. The molecular formula is C24H24N6O2. The molecule has 4 heterocycles. The number of benzene rings is 1. The summed E-state index contributed by atoms with van der Waals surface area (Å²) in [7, 11) is 0. The van der Waals surface area contributed by atoms with Crippen LogP contribution < -0.4 is 10.2 Å². The summed E-state index contributed by atoms with van der Waals surface area (Å²) in [4.78, 5) is 24.6. The van der Waals surface area contributed by atoms with Gasteiger partial charge in [0, 0.05) is 31.5 Å². The van der Waals surface area contributed by atoms with Crippen LogP contribution in [-0.2, 0) is 6.54 Å². The molecular weight excluding hydrogens is 404 g/mol. The molecule has 1 saturated heterocycles. The number of carbonyl (C=O) groups excluding carboxylic acids is 1. The molecule has 1 saturated carbocycles. The zero-order valence-electron chi connectivity index (χ0n) is 17.6. The number of furan rings is 1. The first-order valence-electron chi connectivity index (χ1n) is 11.1. The molecule has 0 radical (unpaired) electrons. The van der Waals surface area contributed by atoms with Gasteiger partial charge in [-0.3, -0.25) is 14.5 Å². The number of aromatic nitrogens is 4. The van der Waals surface area contributed by atoms with Crippen molar-refractivity contribution in [2.75, 3.05) is 18.0 Å². The minimum absolute atomic E-state index is 0.141. The highest BCUT2D eigenvalue weighted by atomic mass is 16.4. The number of piperidine rings is 1. The Morgan fingerprint density at radius 2 is 1.88 bits per heavy atom. The van der Waals surface area contributed by atoms with Gasteiger partial charge in [0.25, 0.3) is 5.91 Å². The number of fused-ring (bicyclic) bond motifs is 3. The molecule has 6 rings (SSSR count). The molecule has 3 atom stereocenters. The van der Waals surface area contributed by atoms with Crippen LogP contribution in [0.4, 0.5) is 5.82 Å². The van der Waals surface area contributed by atoms with Gasteiger partial charge in [-0.15, -0.1) is 0 Å². The number of nitrogens with zero attached hydrogens (tertiary/aromatic N) is 5. The van der Waals surface area contributed by atoms with Crippen molar-refractivity contribution in [1.82, 2.24) is 25.1 Å². The molecule has 1 N–H and O–H groups in total. The Bertz CT molecular complexity index is 1240.